The summed E-state index contributed by atoms with van der Waals surface area (Å²) in [5, 5.41) is 11.6. The van der Waals surface area contributed by atoms with Crippen LogP contribution in [0.4, 0.5) is 5.69 Å². The van der Waals surface area contributed by atoms with E-state index in [1.165, 1.54) is 0 Å². The third-order valence-corrected chi connectivity index (χ3v) is 2.61. The summed E-state index contributed by atoms with van der Waals surface area (Å²) in [6.45, 7) is 5.55. The van der Waals surface area contributed by atoms with Gasteiger partial charge in [-0.1, -0.05) is 6.07 Å². The average Bonchev–Trinajstić information content (AvgIpc) is 2.38. The second-order valence-electron chi connectivity index (χ2n) is 4.90. The number of hydrogen-bond acceptors (Lipinski definition) is 4. The van der Waals surface area contributed by atoms with E-state index in [1.54, 1.807) is 24.3 Å². The molecule has 0 aliphatic heterocycles. The van der Waals surface area contributed by atoms with Crippen molar-refractivity contribution < 1.29 is 9.53 Å². The van der Waals surface area contributed by atoms with Crippen LogP contribution < -0.4 is 5.32 Å². The molecule has 0 aromatic heterocycles. The second-order valence-corrected chi connectivity index (χ2v) is 4.90. The highest BCUT2D eigenvalue weighted by Gasteiger charge is 2.07. The van der Waals surface area contributed by atoms with Gasteiger partial charge in [-0.15, -0.1) is 0 Å². The molecule has 0 aliphatic rings. The summed E-state index contributed by atoms with van der Waals surface area (Å²) in [6, 6.07) is 8.90. The normalized spacial score (nSPS) is 10.6. The molecule has 0 unspecified atom stereocenters. The zero-order chi connectivity index (χ0) is 15.0. The van der Waals surface area contributed by atoms with Gasteiger partial charge >= 0.3 is 0 Å². The summed E-state index contributed by atoms with van der Waals surface area (Å²) < 4.78 is 5.43. The van der Waals surface area contributed by atoms with Crippen molar-refractivity contribution in [1.29, 1.82) is 5.26 Å². The lowest BCUT2D eigenvalue weighted by Crippen LogP contribution is -2.33. The van der Waals surface area contributed by atoms with Gasteiger partial charge in [-0.25, -0.2) is 0 Å². The van der Waals surface area contributed by atoms with Crippen LogP contribution in [0.1, 0.15) is 19.4 Å². The van der Waals surface area contributed by atoms with Crippen LogP contribution in [0.5, 0.6) is 0 Å². The van der Waals surface area contributed by atoms with Gasteiger partial charge in [-0.05, 0) is 39.1 Å². The largest absolute Gasteiger partial charge is 0.377 e. The van der Waals surface area contributed by atoms with E-state index in [0.29, 0.717) is 24.4 Å². The third-order valence-electron chi connectivity index (χ3n) is 2.61. The fraction of sp³-hybridized carbons (Fsp3) is 0.467. The first-order valence-corrected chi connectivity index (χ1v) is 6.61. The SMILES string of the molecule is CC(C)OCCN(C)CC(=O)Nc1cccc(C#N)c1. The van der Waals surface area contributed by atoms with Gasteiger partial charge in [0.05, 0.1) is 30.9 Å². The number of likely N-dealkylation sites (N-methyl/N-ethyl adjacent to an activating group) is 1. The Morgan fingerprint density at radius 1 is 1.50 bits per heavy atom. The Kier molecular flexibility index (Phi) is 6.71. The van der Waals surface area contributed by atoms with Crippen molar-refractivity contribution in [1.82, 2.24) is 4.90 Å². The first kappa shape index (κ1) is 16.2. The van der Waals surface area contributed by atoms with Gasteiger partial charge in [0.25, 0.3) is 0 Å². The maximum atomic E-state index is 11.8. The van der Waals surface area contributed by atoms with Crippen LogP contribution in [0.3, 0.4) is 0 Å². The molecule has 1 aromatic rings. The molecule has 1 amide bonds. The number of hydrogen-bond donors (Lipinski definition) is 1. The van der Waals surface area contributed by atoms with E-state index < -0.39 is 0 Å². The molecular formula is C15H21N3O2. The van der Waals surface area contributed by atoms with E-state index in [2.05, 4.69) is 5.32 Å². The van der Waals surface area contributed by atoms with Gasteiger partial charge in [0.2, 0.25) is 5.91 Å². The summed E-state index contributed by atoms with van der Waals surface area (Å²) in [4.78, 5) is 13.7. The molecule has 0 spiro atoms. The molecule has 0 bridgehead atoms. The number of nitriles is 1. The van der Waals surface area contributed by atoms with Crippen LogP contribution in [0.15, 0.2) is 24.3 Å². The molecule has 20 heavy (non-hydrogen) atoms. The van der Waals surface area contributed by atoms with Gasteiger partial charge < -0.3 is 10.1 Å². The maximum absolute atomic E-state index is 11.8. The highest BCUT2D eigenvalue weighted by atomic mass is 16.5. The fourth-order valence-electron chi connectivity index (χ4n) is 1.64. The summed E-state index contributed by atoms with van der Waals surface area (Å²) in [7, 11) is 1.87. The zero-order valence-electron chi connectivity index (χ0n) is 12.2. The molecule has 5 heteroatoms. The average molecular weight is 275 g/mol. The number of carbonyl (C=O) groups excluding carboxylic acids is 1. The molecule has 0 saturated heterocycles. The van der Waals surface area contributed by atoms with Crippen LogP contribution >= 0.6 is 0 Å². The van der Waals surface area contributed by atoms with Crippen molar-refractivity contribution in [2.45, 2.75) is 20.0 Å². The number of amides is 1. The summed E-state index contributed by atoms with van der Waals surface area (Å²) in [5.74, 6) is -0.105. The van der Waals surface area contributed by atoms with E-state index in [0.717, 1.165) is 0 Å². The van der Waals surface area contributed by atoms with E-state index in [-0.39, 0.29) is 18.6 Å². The Morgan fingerprint density at radius 3 is 2.90 bits per heavy atom. The molecule has 0 atom stereocenters. The minimum atomic E-state index is -0.105. The lowest BCUT2D eigenvalue weighted by Gasteiger charge is -2.17. The lowest BCUT2D eigenvalue weighted by molar-refractivity contribution is -0.117. The minimum Gasteiger partial charge on any atom is -0.377 e. The monoisotopic (exact) mass is 275 g/mol. The number of ether oxygens (including phenoxy) is 1. The van der Waals surface area contributed by atoms with E-state index >= 15 is 0 Å². The Balaban J connectivity index is 2.37. The number of rotatable bonds is 7. The first-order chi connectivity index (χ1) is 9.51. The Hall–Kier alpha value is -1.90. The number of nitrogens with one attached hydrogen (secondary N) is 1. The second kappa shape index (κ2) is 8.31. The van der Waals surface area contributed by atoms with Crippen LogP contribution in [0.2, 0.25) is 0 Å². The highest BCUT2D eigenvalue weighted by molar-refractivity contribution is 5.92. The smallest absolute Gasteiger partial charge is 0.238 e. The zero-order valence-corrected chi connectivity index (χ0v) is 12.2. The van der Waals surface area contributed by atoms with Gasteiger partial charge in [0.15, 0.2) is 0 Å². The third kappa shape index (κ3) is 6.32. The van der Waals surface area contributed by atoms with Crippen molar-refractivity contribution in [3.05, 3.63) is 29.8 Å². The number of carbonyl (C=O) groups is 1. The fourth-order valence-corrected chi connectivity index (χ4v) is 1.64. The van der Waals surface area contributed by atoms with E-state index in [1.807, 2.05) is 31.9 Å². The molecule has 0 saturated carbocycles. The predicted molar refractivity (Wildman–Crippen MR) is 78.4 cm³/mol. The number of anilines is 1. The quantitative estimate of drug-likeness (QED) is 0.825. The van der Waals surface area contributed by atoms with Crippen molar-refractivity contribution in [2.24, 2.45) is 0 Å². The van der Waals surface area contributed by atoms with Crippen molar-refractivity contribution in [3.8, 4) is 6.07 Å². The van der Waals surface area contributed by atoms with Crippen LogP contribution in [-0.4, -0.2) is 43.7 Å². The Bertz CT molecular complexity index is 480. The molecule has 0 heterocycles. The van der Waals surface area contributed by atoms with Crippen LogP contribution in [0, 0.1) is 11.3 Å². The molecule has 0 radical (unpaired) electrons. The van der Waals surface area contributed by atoms with Crippen LogP contribution in [0.25, 0.3) is 0 Å². The van der Waals surface area contributed by atoms with Gasteiger partial charge in [-0.2, -0.15) is 5.26 Å². The summed E-state index contributed by atoms with van der Waals surface area (Å²) >= 11 is 0. The van der Waals surface area contributed by atoms with Gasteiger partial charge in [-0.3, -0.25) is 9.69 Å². The van der Waals surface area contributed by atoms with Crippen molar-refractivity contribution in [2.75, 3.05) is 32.1 Å². The molecule has 0 fully saturated rings. The lowest BCUT2D eigenvalue weighted by atomic mass is 10.2. The first-order valence-electron chi connectivity index (χ1n) is 6.61. The highest BCUT2D eigenvalue weighted by Crippen LogP contribution is 2.09. The molecule has 0 aliphatic carbocycles. The van der Waals surface area contributed by atoms with Gasteiger partial charge in [0, 0.05) is 12.2 Å². The Morgan fingerprint density at radius 2 is 2.25 bits per heavy atom. The number of nitrogens with zero attached hydrogens (tertiary/aromatic N) is 2. The summed E-state index contributed by atoms with van der Waals surface area (Å²) in [6.07, 6.45) is 0.200. The van der Waals surface area contributed by atoms with Crippen molar-refractivity contribution in [3.63, 3.8) is 0 Å². The van der Waals surface area contributed by atoms with Crippen LogP contribution in [-0.2, 0) is 9.53 Å². The van der Waals surface area contributed by atoms with Crippen molar-refractivity contribution >= 4 is 11.6 Å². The number of benzene rings is 1. The molecule has 108 valence electrons. The molecule has 1 N–H and O–H groups in total. The van der Waals surface area contributed by atoms with E-state index in [4.69, 9.17) is 10.00 Å². The molecule has 1 rings (SSSR count). The van der Waals surface area contributed by atoms with Gasteiger partial charge in [0.1, 0.15) is 0 Å². The topological polar surface area (TPSA) is 65.4 Å². The molecular weight excluding hydrogens is 254 g/mol. The van der Waals surface area contributed by atoms with E-state index in [9.17, 15) is 4.79 Å². The standard InChI is InChI=1S/C15H21N3O2/c1-12(2)20-8-7-18(3)11-15(19)17-14-6-4-5-13(9-14)10-16/h4-6,9,12H,7-8,11H2,1-3H3,(H,17,19). The summed E-state index contributed by atoms with van der Waals surface area (Å²) in [5.41, 5.74) is 1.17. The predicted octanol–water partition coefficient (Wildman–Crippen LogP) is 1.85. The Labute approximate surface area is 120 Å². The molecule has 5 nitrogen and oxygen atoms in total. The maximum Gasteiger partial charge on any atom is 0.238 e. The minimum absolute atomic E-state index is 0.105. The molecule has 1 aromatic carbocycles.